The zero-order chi connectivity index (χ0) is 15.7. The fourth-order valence-corrected chi connectivity index (χ4v) is 2.90. The lowest BCUT2D eigenvalue weighted by atomic mass is 10.2. The van der Waals surface area contributed by atoms with Crippen LogP contribution in [-0.2, 0) is 18.1 Å². The van der Waals surface area contributed by atoms with Crippen LogP contribution in [0, 0.1) is 0 Å². The molecule has 0 amide bonds. The fraction of sp³-hybridized carbons (Fsp3) is 0.500. The number of ether oxygens (including phenoxy) is 1. The third-order valence-corrected chi connectivity index (χ3v) is 4.88. The minimum absolute atomic E-state index is 0.0393. The van der Waals surface area contributed by atoms with Gasteiger partial charge in [-0.25, -0.2) is 19.5 Å². The van der Waals surface area contributed by atoms with E-state index in [1.54, 1.807) is 20.4 Å². The van der Waals surface area contributed by atoms with E-state index in [2.05, 4.69) is 19.3 Å². The van der Waals surface area contributed by atoms with Gasteiger partial charge >= 0.3 is 7.82 Å². The molecule has 3 rings (SSSR count). The number of nitrogen functional groups attached to an aromatic ring is 1. The Balaban J connectivity index is 1.69. The lowest BCUT2D eigenvalue weighted by Gasteiger charge is -2.16. The van der Waals surface area contributed by atoms with E-state index in [0.29, 0.717) is 29.8 Å². The summed E-state index contributed by atoms with van der Waals surface area (Å²) in [5.41, 5.74) is 6.84. The third-order valence-electron chi connectivity index (χ3n) is 3.34. The summed E-state index contributed by atoms with van der Waals surface area (Å²) in [5, 5.41) is 0. The summed E-state index contributed by atoms with van der Waals surface area (Å²) in [6, 6.07) is 0. The molecule has 0 radical (unpaired) electrons. The van der Waals surface area contributed by atoms with Crippen LogP contribution < -0.4 is 5.73 Å². The summed E-state index contributed by atoms with van der Waals surface area (Å²) >= 11 is 0. The number of aromatic nitrogens is 4. The monoisotopic (exact) mass is 347 g/mol. The van der Waals surface area contributed by atoms with Gasteiger partial charge in [0.05, 0.1) is 19.0 Å². The van der Waals surface area contributed by atoms with Gasteiger partial charge in [-0.15, -0.1) is 0 Å². The predicted octanol–water partition coefficient (Wildman–Crippen LogP) is 1.01. The zero-order valence-electron chi connectivity index (χ0n) is 11.4. The summed E-state index contributed by atoms with van der Waals surface area (Å²) in [4.78, 5) is 21.4. The van der Waals surface area contributed by atoms with Crippen molar-refractivity contribution in [2.24, 2.45) is 0 Å². The maximum Gasteiger partial charge on any atom is 0.474 e. The highest BCUT2D eigenvalue weighted by Gasteiger charge is 2.30. The number of fused-ring (bicyclic) bond motifs is 1. The molecule has 120 valence electrons. The highest BCUT2D eigenvalue weighted by molar-refractivity contribution is 7.52. The van der Waals surface area contributed by atoms with Gasteiger partial charge in [-0.2, -0.15) is 0 Å². The number of phosphoric ester groups is 1. The number of nitrogens with zero attached hydrogens (tertiary/aromatic N) is 4. The van der Waals surface area contributed by atoms with Crippen molar-refractivity contribution in [3.63, 3.8) is 0 Å². The number of hydrogen-bond acceptors (Lipinski definition) is 8. The summed E-state index contributed by atoms with van der Waals surface area (Å²) in [6.07, 6.45) is 3.71. The van der Waals surface area contributed by atoms with Crippen molar-refractivity contribution in [2.75, 3.05) is 12.3 Å². The van der Waals surface area contributed by atoms with Gasteiger partial charge in [-0.05, 0) is 12.8 Å². The average Bonchev–Trinajstić information content (AvgIpc) is 3.12. The van der Waals surface area contributed by atoms with Crippen LogP contribution in [0.4, 0.5) is 5.82 Å². The van der Waals surface area contributed by atoms with Crippen molar-refractivity contribution in [2.45, 2.75) is 25.2 Å². The second kappa shape index (κ2) is 6.16. The molecule has 1 saturated heterocycles. The predicted molar refractivity (Wildman–Crippen MR) is 79.5 cm³/mol. The van der Waals surface area contributed by atoms with Gasteiger partial charge in [0.15, 0.2) is 11.5 Å². The van der Waals surface area contributed by atoms with Crippen LogP contribution in [0.15, 0.2) is 12.7 Å². The Hall–Kier alpha value is -1.15. The first kappa shape index (κ1) is 15.7. The first-order valence-corrected chi connectivity index (χ1v) is 8.41. The van der Waals surface area contributed by atoms with E-state index in [1.807, 2.05) is 0 Å². The van der Waals surface area contributed by atoms with Crippen molar-refractivity contribution in [3.05, 3.63) is 12.7 Å². The molecule has 1 aliphatic heterocycles. The van der Waals surface area contributed by atoms with E-state index < -0.39 is 7.82 Å². The minimum Gasteiger partial charge on any atom is -0.382 e. The summed E-state index contributed by atoms with van der Waals surface area (Å²) < 4.78 is 27.9. The first-order valence-electron chi connectivity index (χ1n) is 6.44. The number of nitrogens with two attached hydrogens (primary N) is 1. The van der Waals surface area contributed by atoms with E-state index in [1.165, 1.54) is 6.33 Å². The number of phosphoric acid groups is 1. The molecule has 1 fully saturated rings. The topological polar surface area (TPSA) is 135 Å². The SMILES string of the molecule is Nc1ncnc2c1ncn2C1CCC(COP(=O)(O)OP)O1. The molecule has 2 aromatic rings. The molecule has 1 aliphatic rings. The van der Waals surface area contributed by atoms with Crippen LogP contribution in [0.1, 0.15) is 19.1 Å². The Morgan fingerprint density at radius 3 is 3.09 bits per heavy atom. The normalized spacial score (nSPS) is 24.6. The van der Waals surface area contributed by atoms with Crippen LogP contribution in [0.2, 0.25) is 0 Å². The fourth-order valence-electron chi connectivity index (χ4n) is 2.30. The number of anilines is 1. The van der Waals surface area contributed by atoms with E-state index in [9.17, 15) is 9.46 Å². The van der Waals surface area contributed by atoms with E-state index in [4.69, 9.17) is 15.0 Å². The molecular formula is C10H15N5O5P2. The maximum absolute atomic E-state index is 11.3. The van der Waals surface area contributed by atoms with Crippen molar-refractivity contribution < 1.29 is 23.0 Å². The molecule has 0 spiro atoms. The first-order chi connectivity index (χ1) is 10.5. The molecule has 4 unspecified atom stereocenters. The number of imidazole rings is 1. The Morgan fingerprint density at radius 2 is 2.32 bits per heavy atom. The number of rotatable bonds is 5. The van der Waals surface area contributed by atoms with Crippen LogP contribution in [0.5, 0.6) is 0 Å². The molecule has 0 saturated carbocycles. The Labute approximate surface area is 127 Å². The highest BCUT2D eigenvalue weighted by Crippen LogP contribution is 2.46. The largest absolute Gasteiger partial charge is 0.474 e. The molecule has 22 heavy (non-hydrogen) atoms. The van der Waals surface area contributed by atoms with Crippen LogP contribution in [0.3, 0.4) is 0 Å². The summed E-state index contributed by atoms with van der Waals surface area (Å²) in [6.45, 7) is -0.0393. The van der Waals surface area contributed by atoms with E-state index in [-0.39, 0.29) is 18.9 Å². The molecule has 2 aromatic heterocycles. The van der Waals surface area contributed by atoms with E-state index >= 15 is 0 Å². The van der Waals surface area contributed by atoms with Gasteiger partial charge in [0, 0.05) is 9.47 Å². The van der Waals surface area contributed by atoms with Gasteiger partial charge in [0.2, 0.25) is 0 Å². The molecule has 0 aliphatic carbocycles. The minimum atomic E-state index is -4.02. The Morgan fingerprint density at radius 1 is 1.50 bits per heavy atom. The van der Waals surface area contributed by atoms with Crippen LogP contribution >= 0.6 is 17.3 Å². The maximum atomic E-state index is 11.3. The Kier molecular flexibility index (Phi) is 4.40. The quantitative estimate of drug-likeness (QED) is 0.760. The highest BCUT2D eigenvalue weighted by atomic mass is 31.2. The average molecular weight is 347 g/mol. The molecule has 3 heterocycles. The van der Waals surface area contributed by atoms with Crippen LogP contribution in [0.25, 0.3) is 11.2 Å². The lowest BCUT2D eigenvalue weighted by Crippen LogP contribution is -2.16. The van der Waals surface area contributed by atoms with E-state index in [0.717, 1.165) is 0 Å². The van der Waals surface area contributed by atoms with Crippen molar-refractivity contribution in [3.8, 4) is 0 Å². The second-order valence-electron chi connectivity index (χ2n) is 4.74. The lowest BCUT2D eigenvalue weighted by molar-refractivity contribution is -0.0198. The summed E-state index contributed by atoms with van der Waals surface area (Å²) in [5.74, 6) is 0.306. The van der Waals surface area contributed by atoms with Crippen molar-refractivity contribution >= 4 is 34.3 Å². The molecule has 0 aromatic carbocycles. The van der Waals surface area contributed by atoms with Gasteiger partial charge in [-0.3, -0.25) is 13.4 Å². The molecular weight excluding hydrogens is 332 g/mol. The number of hydrogen-bond donors (Lipinski definition) is 2. The molecule has 0 bridgehead atoms. The van der Waals surface area contributed by atoms with Gasteiger partial charge < -0.3 is 15.4 Å². The molecule has 12 heteroatoms. The van der Waals surface area contributed by atoms with Gasteiger partial charge in [0.1, 0.15) is 18.1 Å². The zero-order valence-corrected chi connectivity index (χ0v) is 13.5. The van der Waals surface area contributed by atoms with Crippen molar-refractivity contribution in [1.29, 1.82) is 0 Å². The van der Waals surface area contributed by atoms with Crippen LogP contribution in [-0.4, -0.2) is 37.1 Å². The van der Waals surface area contributed by atoms with Gasteiger partial charge in [-0.1, -0.05) is 0 Å². The summed E-state index contributed by atoms with van der Waals surface area (Å²) in [7, 11) is -2.32. The van der Waals surface area contributed by atoms with Gasteiger partial charge in [0.25, 0.3) is 0 Å². The Bertz CT molecular complexity index is 725. The second-order valence-corrected chi connectivity index (χ2v) is 6.78. The third kappa shape index (κ3) is 3.12. The standard InChI is InChI=1S/C10H15N5O5P2/c11-9-8-10(13-4-12-9)15(5-14-8)7-2-1-6(19-7)3-18-22(16,17)20-21/h4-7H,1-3,21H2,(H,16,17)(H2,11,12,13). The molecule has 10 nitrogen and oxygen atoms in total. The molecule has 3 N–H and O–H groups in total. The molecule has 4 atom stereocenters. The smallest absolute Gasteiger partial charge is 0.382 e. The van der Waals surface area contributed by atoms with Crippen molar-refractivity contribution in [1.82, 2.24) is 19.5 Å².